The summed E-state index contributed by atoms with van der Waals surface area (Å²) in [4.78, 5) is 27.4. The molecule has 0 bridgehead atoms. The minimum atomic E-state index is -0.421. The van der Waals surface area contributed by atoms with Gasteiger partial charge < -0.3 is 19.8 Å². The van der Waals surface area contributed by atoms with Gasteiger partial charge in [0.15, 0.2) is 0 Å². The highest BCUT2D eigenvalue weighted by molar-refractivity contribution is 6.00. The number of ether oxygens (including phenoxy) is 2. The second-order valence-electron chi connectivity index (χ2n) is 5.38. The zero-order chi connectivity index (χ0) is 17.7. The van der Waals surface area contributed by atoms with Gasteiger partial charge >= 0.3 is 5.97 Å². The maximum absolute atomic E-state index is 12.4. The van der Waals surface area contributed by atoms with E-state index in [1.165, 1.54) is 0 Å². The molecule has 0 aliphatic carbocycles. The fourth-order valence-corrected chi connectivity index (χ4v) is 2.54. The first-order valence-electron chi connectivity index (χ1n) is 7.75. The van der Waals surface area contributed by atoms with Crippen molar-refractivity contribution in [1.29, 1.82) is 0 Å². The Morgan fingerprint density at radius 3 is 2.67 bits per heavy atom. The van der Waals surface area contributed by atoms with Crippen LogP contribution in [0.15, 0.2) is 24.3 Å². The summed E-state index contributed by atoms with van der Waals surface area (Å²) in [5.74, 6) is 0.0443. The Kier molecular flexibility index (Phi) is 5.63. The Balaban J connectivity index is 2.12. The molecule has 2 N–H and O–H groups in total. The van der Waals surface area contributed by atoms with Gasteiger partial charge in [0.2, 0.25) is 0 Å². The lowest BCUT2D eigenvalue weighted by molar-refractivity contribution is 0.0525. The molecule has 0 atom stereocenters. The van der Waals surface area contributed by atoms with Crippen LogP contribution in [0.4, 0.5) is 0 Å². The fourth-order valence-electron chi connectivity index (χ4n) is 2.54. The summed E-state index contributed by atoms with van der Waals surface area (Å²) in [7, 11) is 1.60. The molecule has 0 saturated heterocycles. The lowest BCUT2D eigenvalue weighted by atomic mass is 10.1. The van der Waals surface area contributed by atoms with Crippen molar-refractivity contribution < 1.29 is 19.1 Å². The SMILES string of the molecule is CCOC(=O)c1c(C)[nH]c(C(=O)NCc2cccc(OC)c2)c1C. The van der Waals surface area contributed by atoms with Gasteiger partial charge in [-0.2, -0.15) is 0 Å². The van der Waals surface area contributed by atoms with E-state index < -0.39 is 5.97 Å². The number of aromatic amines is 1. The van der Waals surface area contributed by atoms with Gasteiger partial charge in [-0.1, -0.05) is 12.1 Å². The Hall–Kier alpha value is -2.76. The highest BCUT2D eigenvalue weighted by Crippen LogP contribution is 2.19. The van der Waals surface area contributed by atoms with Crippen LogP contribution >= 0.6 is 0 Å². The summed E-state index contributed by atoms with van der Waals surface area (Å²) >= 11 is 0. The predicted molar refractivity (Wildman–Crippen MR) is 90.4 cm³/mol. The molecule has 1 aromatic heterocycles. The van der Waals surface area contributed by atoms with Gasteiger partial charge in [0.05, 0.1) is 19.3 Å². The van der Waals surface area contributed by atoms with Crippen LogP contribution in [0.2, 0.25) is 0 Å². The highest BCUT2D eigenvalue weighted by Gasteiger charge is 2.22. The number of aryl methyl sites for hydroxylation is 1. The molecule has 2 rings (SSSR count). The molecule has 1 heterocycles. The number of nitrogens with one attached hydrogen (secondary N) is 2. The maximum atomic E-state index is 12.4. The van der Waals surface area contributed by atoms with Crippen LogP contribution in [-0.2, 0) is 11.3 Å². The number of H-pyrrole nitrogens is 1. The third-order valence-corrected chi connectivity index (χ3v) is 3.73. The molecular formula is C18H22N2O4. The van der Waals surface area contributed by atoms with Crippen LogP contribution < -0.4 is 10.1 Å². The molecule has 0 saturated carbocycles. The van der Waals surface area contributed by atoms with E-state index in [0.717, 1.165) is 11.3 Å². The lowest BCUT2D eigenvalue weighted by Crippen LogP contribution is -2.24. The summed E-state index contributed by atoms with van der Waals surface area (Å²) in [5, 5.41) is 2.84. The second kappa shape index (κ2) is 7.68. The predicted octanol–water partition coefficient (Wildman–Crippen LogP) is 2.75. The van der Waals surface area contributed by atoms with Gasteiger partial charge in [-0.25, -0.2) is 4.79 Å². The van der Waals surface area contributed by atoms with Crippen LogP contribution in [0.25, 0.3) is 0 Å². The quantitative estimate of drug-likeness (QED) is 0.798. The van der Waals surface area contributed by atoms with Crippen molar-refractivity contribution in [2.24, 2.45) is 0 Å². The van der Waals surface area contributed by atoms with E-state index in [2.05, 4.69) is 10.3 Å². The summed E-state index contributed by atoms with van der Waals surface area (Å²) in [6.07, 6.45) is 0. The first kappa shape index (κ1) is 17.6. The number of benzene rings is 1. The number of aromatic nitrogens is 1. The first-order chi connectivity index (χ1) is 11.5. The zero-order valence-electron chi connectivity index (χ0n) is 14.4. The molecule has 1 aromatic carbocycles. The number of hydrogen-bond acceptors (Lipinski definition) is 4. The molecule has 128 valence electrons. The normalized spacial score (nSPS) is 10.3. The second-order valence-corrected chi connectivity index (χ2v) is 5.38. The summed E-state index contributed by atoms with van der Waals surface area (Å²) in [6, 6.07) is 7.47. The molecule has 0 radical (unpaired) electrons. The van der Waals surface area contributed by atoms with Crippen LogP contribution in [0.5, 0.6) is 5.75 Å². The fraction of sp³-hybridized carbons (Fsp3) is 0.333. The van der Waals surface area contributed by atoms with E-state index in [4.69, 9.17) is 9.47 Å². The van der Waals surface area contributed by atoms with Gasteiger partial charge in [-0.3, -0.25) is 4.79 Å². The van der Waals surface area contributed by atoms with Crippen molar-refractivity contribution in [2.45, 2.75) is 27.3 Å². The highest BCUT2D eigenvalue weighted by atomic mass is 16.5. The van der Waals surface area contributed by atoms with Crippen LogP contribution in [0.1, 0.15) is 44.6 Å². The van der Waals surface area contributed by atoms with Crippen molar-refractivity contribution in [3.05, 3.63) is 52.3 Å². The minimum absolute atomic E-state index is 0.269. The topological polar surface area (TPSA) is 80.4 Å². The van der Waals surface area contributed by atoms with Gasteiger partial charge in [0.25, 0.3) is 5.91 Å². The van der Waals surface area contributed by atoms with E-state index >= 15 is 0 Å². The Bertz CT molecular complexity index is 749. The van der Waals surface area contributed by atoms with Crippen LogP contribution in [0, 0.1) is 13.8 Å². The molecule has 0 spiro atoms. The molecule has 6 nitrogen and oxygen atoms in total. The maximum Gasteiger partial charge on any atom is 0.340 e. The van der Waals surface area contributed by atoms with E-state index in [-0.39, 0.29) is 5.91 Å². The van der Waals surface area contributed by atoms with Gasteiger partial charge in [-0.05, 0) is 44.0 Å². The Morgan fingerprint density at radius 2 is 2.00 bits per heavy atom. The third kappa shape index (κ3) is 3.76. The van der Waals surface area contributed by atoms with Gasteiger partial charge in [0, 0.05) is 12.2 Å². The van der Waals surface area contributed by atoms with Crippen molar-refractivity contribution in [3.63, 3.8) is 0 Å². The van der Waals surface area contributed by atoms with E-state index in [1.807, 2.05) is 24.3 Å². The number of esters is 1. The van der Waals surface area contributed by atoms with Crippen LogP contribution in [0.3, 0.4) is 0 Å². The Morgan fingerprint density at radius 1 is 1.25 bits per heavy atom. The standard InChI is InChI=1S/C18H22N2O4/c1-5-24-18(22)15-11(2)16(20-12(15)3)17(21)19-10-13-7-6-8-14(9-13)23-4/h6-9,20H,5,10H2,1-4H3,(H,19,21). The zero-order valence-corrected chi connectivity index (χ0v) is 14.4. The van der Waals surface area contributed by atoms with Crippen molar-refractivity contribution in [2.75, 3.05) is 13.7 Å². The molecule has 0 aliphatic rings. The van der Waals surface area contributed by atoms with E-state index in [1.54, 1.807) is 27.9 Å². The van der Waals surface area contributed by atoms with Crippen molar-refractivity contribution in [1.82, 2.24) is 10.3 Å². The van der Waals surface area contributed by atoms with Gasteiger partial charge in [0.1, 0.15) is 11.4 Å². The number of amides is 1. The first-order valence-corrected chi connectivity index (χ1v) is 7.75. The van der Waals surface area contributed by atoms with Crippen molar-refractivity contribution >= 4 is 11.9 Å². The number of carbonyl (C=O) groups excluding carboxylic acids is 2. The molecule has 6 heteroatoms. The average molecular weight is 330 g/mol. The molecule has 1 amide bonds. The summed E-state index contributed by atoms with van der Waals surface area (Å²) in [5.41, 5.74) is 2.93. The number of carbonyl (C=O) groups is 2. The monoisotopic (exact) mass is 330 g/mol. The minimum Gasteiger partial charge on any atom is -0.497 e. The number of methoxy groups -OCH3 is 1. The van der Waals surface area contributed by atoms with Crippen LogP contribution in [-0.4, -0.2) is 30.6 Å². The Labute approximate surface area is 141 Å². The number of rotatable bonds is 6. The third-order valence-electron chi connectivity index (χ3n) is 3.73. The largest absolute Gasteiger partial charge is 0.497 e. The van der Waals surface area contributed by atoms with Gasteiger partial charge in [-0.15, -0.1) is 0 Å². The lowest BCUT2D eigenvalue weighted by Gasteiger charge is -2.07. The average Bonchev–Trinajstić information content (AvgIpc) is 2.87. The molecule has 0 fully saturated rings. The van der Waals surface area contributed by atoms with E-state index in [9.17, 15) is 9.59 Å². The van der Waals surface area contributed by atoms with Crippen molar-refractivity contribution in [3.8, 4) is 5.75 Å². The van der Waals surface area contributed by atoms with E-state index in [0.29, 0.717) is 35.7 Å². The molecule has 0 unspecified atom stereocenters. The smallest absolute Gasteiger partial charge is 0.340 e. The molecule has 0 aliphatic heterocycles. The number of hydrogen-bond donors (Lipinski definition) is 2. The molecule has 24 heavy (non-hydrogen) atoms. The summed E-state index contributed by atoms with van der Waals surface area (Å²) < 4.78 is 10.2. The molecule has 2 aromatic rings. The summed E-state index contributed by atoms with van der Waals surface area (Å²) in [6.45, 7) is 5.88. The molecular weight excluding hydrogens is 308 g/mol.